The fourth-order valence-electron chi connectivity index (χ4n) is 2.82. The van der Waals surface area contributed by atoms with Crippen LogP contribution >= 0.6 is 0 Å². The number of ketones is 1. The van der Waals surface area contributed by atoms with Crippen LogP contribution in [0.2, 0.25) is 0 Å². The number of Topliss-reactive ketones (excluding diaryl/α,β-unsaturated/α-hetero) is 1. The first-order valence-corrected chi connectivity index (χ1v) is 8.52. The van der Waals surface area contributed by atoms with Crippen LogP contribution in [0.4, 0.5) is 10.1 Å². The standard InChI is InChI=1S/C19H18FNO6/c1-2-25-17(23)10-27-16-8-11(6-7-13(16)20)21-19(24)12-9-26-15-5-3-4-14(22)18(12)15/h6-9H,2-5,10H2,1H3,(H,21,24). The molecular formula is C19H18FNO6. The SMILES string of the molecule is CCOC(=O)COc1cc(NC(=O)c2coc3c2C(=O)CCC3)ccc1F. The smallest absolute Gasteiger partial charge is 0.344 e. The lowest BCUT2D eigenvalue weighted by Gasteiger charge is -2.11. The van der Waals surface area contributed by atoms with Crippen molar-refractivity contribution >= 4 is 23.3 Å². The van der Waals surface area contributed by atoms with Crippen LogP contribution < -0.4 is 10.1 Å². The summed E-state index contributed by atoms with van der Waals surface area (Å²) in [5, 5.41) is 2.58. The van der Waals surface area contributed by atoms with E-state index >= 15 is 0 Å². The van der Waals surface area contributed by atoms with E-state index in [2.05, 4.69) is 5.32 Å². The van der Waals surface area contributed by atoms with Gasteiger partial charge in [0.1, 0.15) is 12.0 Å². The highest BCUT2D eigenvalue weighted by atomic mass is 19.1. The zero-order valence-corrected chi connectivity index (χ0v) is 14.7. The van der Waals surface area contributed by atoms with E-state index in [-0.39, 0.29) is 29.4 Å². The molecule has 1 aromatic carbocycles. The summed E-state index contributed by atoms with van der Waals surface area (Å²) in [6, 6.07) is 3.70. The fourth-order valence-corrected chi connectivity index (χ4v) is 2.82. The molecule has 1 amide bonds. The van der Waals surface area contributed by atoms with E-state index in [1.54, 1.807) is 6.92 Å². The average molecular weight is 375 g/mol. The molecule has 1 N–H and O–H groups in total. The Morgan fingerprint density at radius 2 is 2.11 bits per heavy atom. The lowest BCUT2D eigenvalue weighted by Crippen LogP contribution is -2.18. The zero-order chi connectivity index (χ0) is 19.4. The Labute approximate surface area is 154 Å². The van der Waals surface area contributed by atoms with Gasteiger partial charge in [-0.3, -0.25) is 9.59 Å². The predicted octanol–water partition coefficient (Wildman–Crippen LogP) is 3.13. The van der Waals surface area contributed by atoms with Gasteiger partial charge in [0.2, 0.25) is 0 Å². The minimum Gasteiger partial charge on any atom is -0.479 e. The fraction of sp³-hybridized carbons (Fsp3) is 0.316. The number of rotatable bonds is 6. The van der Waals surface area contributed by atoms with Crippen molar-refractivity contribution in [2.24, 2.45) is 0 Å². The van der Waals surface area contributed by atoms with Gasteiger partial charge in [-0.25, -0.2) is 9.18 Å². The molecule has 1 aromatic heterocycles. The molecule has 1 heterocycles. The van der Waals surface area contributed by atoms with E-state index < -0.39 is 24.3 Å². The molecule has 0 saturated heterocycles. The van der Waals surface area contributed by atoms with Crippen LogP contribution in [-0.2, 0) is 16.0 Å². The Hall–Kier alpha value is -3.16. The van der Waals surface area contributed by atoms with E-state index in [1.165, 1.54) is 18.4 Å². The Balaban J connectivity index is 1.73. The molecule has 27 heavy (non-hydrogen) atoms. The third-order valence-corrected chi connectivity index (χ3v) is 4.04. The second kappa shape index (κ2) is 8.03. The van der Waals surface area contributed by atoms with E-state index in [4.69, 9.17) is 13.9 Å². The molecule has 0 aliphatic heterocycles. The van der Waals surface area contributed by atoms with Gasteiger partial charge < -0.3 is 19.2 Å². The van der Waals surface area contributed by atoms with Crippen molar-refractivity contribution < 1.29 is 32.7 Å². The maximum atomic E-state index is 13.8. The van der Waals surface area contributed by atoms with Crippen molar-refractivity contribution in [3.05, 3.63) is 47.2 Å². The van der Waals surface area contributed by atoms with Crippen molar-refractivity contribution in [1.82, 2.24) is 0 Å². The van der Waals surface area contributed by atoms with Crippen LogP contribution in [0.5, 0.6) is 5.75 Å². The molecule has 0 bridgehead atoms. The molecule has 0 unspecified atom stereocenters. The van der Waals surface area contributed by atoms with E-state index in [0.717, 1.165) is 6.07 Å². The summed E-state index contributed by atoms with van der Waals surface area (Å²) < 4.78 is 29.0. The lowest BCUT2D eigenvalue weighted by atomic mass is 9.94. The topological polar surface area (TPSA) is 94.8 Å². The van der Waals surface area contributed by atoms with Crippen molar-refractivity contribution in [2.75, 3.05) is 18.5 Å². The van der Waals surface area contributed by atoms with Gasteiger partial charge in [-0.05, 0) is 25.5 Å². The number of halogens is 1. The molecule has 0 atom stereocenters. The number of esters is 1. The molecule has 0 spiro atoms. The maximum Gasteiger partial charge on any atom is 0.344 e. The molecule has 1 aliphatic carbocycles. The molecule has 3 rings (SSSR count). The molecule has 142 valence electrons. The largest absolute Gasteiger partial charge is 0.479 e. The molecular weight excluding hydrogens is 357 g/mol. The van der Waals surface area contributed by atoms with Crippen LogP contribution in [0.1, 0.15) is 46.2 Å². The molecule has 0 fully saturated rings. The number of carbonyl (C=O) groups excluding carboxylic acids is 3. The summed E-state index contributed by atoms with van der Waals surface area (Å²) in [7, 11) is 0. The quantitative estimate of drug-likeness (QED) is 0.780. The van der Waals surface area contributed by atoms with Crippen LogP contribution in [0.15, 0.2) is 28.9 Å². The third-order valence-electron chi connectivity index (χ3n) is 4.04. The summed E-state index contributed by atoms with van der Waals surface area (Å²) in [4.78, 5) is 35.9. The molecule has 0 radical (unpaired) electrons. The second-order valence-electron chi connectivity index (χ2n) is 5.92. The minimum absolute atomic E-state index is 0.132. The van der Waals surface area contributed by atoms with Crippen LogP contribution in [0, 0.1) is 5.82 Å². The summed E-state index contributed by atoms with van der Waals surface area (Å²) in [5.74, 6) is -1.69. The Morgan fingerprint density at radius 3 is 2.89 bits per heavy atom. The van der Waals surface area contributed by atoms with Crippen molar-refractivity contribution in [3.8, 4) is 5.75 Å². The number of hydrogen-bond donors (Lipinski definition) is 1. The Morgan fingerprint density at radius 1 is 1.30 bits per heavy atom. The van der Waals surface area contributed by atoms with Gasteiger partial charge >= 0.3 is 5.97 Å². The average Bonchev–Trinajstić information content (AvgIpc) is 3.08. The number of amides is 1. The predicted molar refractivity (Wildman–Crippen MR) is 92.5 cm³/mol. The van der Waals surface area contributed by atoms with Crippen molar-refractivity contribution in [2.45, 2.75) is 26.2 Å². The molecule has 8 heteroatoms. The number of nitrogens with one attached hydrogen (secondary N) is 1. The molecule has 1 aliphatic rings. The van der Waals surface area contributed by atoms with Gasteiger partial charge in [-0.1, -0.05) is 0 Å². The second-order valence-corrected chi connectivity index (χ2v) is 5.92. The van der Waals surface area contributed by atoms with Gasteiger partial charge in [0, 0.05) is 24.6 Å². The van der Waals surface area contributed by atoms with Crippen molar-refractivity contribution in [1.29, 1.82) is 0 Å². The van der Waals surface area contributed by atoms with E-state index in [1.807, 2.05) is 0 Å². The minimum atomic E-state index is -0.687. The lowest BCUT2D eigenvalue weighted by molar-refractivity contribution is -0.145. The monoisotopic (exact) mass is 375 g/mol. The number of fused-ring (bicyclic) bond motifs is 1. The number of carbonyl (C=O) groups is 3. The number of aryl methyl sites for hydroxylation is 1. The first-order chi connectivity index (χ1) is 13.0. The normalized spacial score (nSPS) is 13.0. The number of furan rings is 1. The number of hydrogen-bond acceptors (Lipinski definition) is 6. The van der Waals surface area contributed by atoms with Gasteiger partial charge in [-0.15, -0.1) is 0 Å². The van der Waals surface area contributed by atoms with Crippen LogP contribution in [-0.4, -0.2) is 30.9 Å². The highest BCUT2D eigenvalue weighted by Crippen LogP contribution is 2.28. The van der Waals surface area contributed by atoms with Gasteiger partial charge in [-0.2, -0.15) is 0 Å². The Bertz CT molecular complexity index is 888. The Kier molecular flexibility index (Phi) is 5.54. The summed E-state index contributed by atoms with van der Waals surface area (Å²) in [6.07, 6.45) is 2.93. The molecule has 0 saturated carbocycles. The highest BCUT2D eigenvalue weighted by molar-refractivity contribution is 6.13. The number of ether oxygens (including phenoxy) is 2. The summed E-state index contributed by atoms with van der Waals surface area (Å²) in [6.45, 7) is 1.38. The van der Waals surface area contributed by atoms with Gasteiger partial charge in [0.05, 0.1) is 17.7 Å². The molecule has 2 aromatic rings. The van der Waals surface area contributed by atoms with Crippen LogP contribution in [0.25, 0.3) is 0 Å². The first-order valence-electron chi connectivity index (χ1n) is 8.52. The van der Waals surface area contributed by atoms with E-state index in [9.17, 15) is 18.8 Å². The van der Waals surface area contributed by atoms with Gasteiger partial charge in [0.25, 0.3) is 5.91 Å². The third kappa shape index (κ3) is 4.16. The van der Waals surface area contributed by atoms with Crippen molar-refractivity contribution in [3.63, 3.8) is 0 Å². The molecule has 7 nitrogen and oxygen atoms in total. The van der Waals surface area contributed by atoms with E-state index in [0.29, 0.717) is 30.6 Å². The number of benzene rings is 1. The summed E-state index contributed by atoms with van der Waals surface area (Å²) in [5.41, 5.74) is 0.700. The maximum absolute atomic E-state index is 13.8. The highest BCUT2D eigenvalue weighted by Gasteiger charge is 2.28. The summed E-state index contributed by atoms with van der Waals surface area (Å²) >= 11 is 0. The first kappa shape index (κ1) is 18.6. The van der Waals surface area contributed by atoms with Crippen LogP contribution in [0.3, 0.4) is 0 Å². The van der Waals surface area contributed by atoms with Gasteiger partial charge in [0.15, 0.2) is 24.0 Å². The zero-order valence-electron chi connectivity index (χ0n) is 14.7. The number of anilines is 1.